The van der Waals surface area contributed by atoms with Gasteiger partial charge in [-0.25, -0.2) is 0 Å². The van der Waals surface area contributed by atoms with Crippen molar-refractivity contribution in [2.75, 3.05) is 6.61 Å². The molecule has 130 valence electrons. The van der Waals surface area contributed by atoms with E-state index in [2.05, 4.69) is 43.3 Å². The second kappa shape index (κ2) is 11.7. The Labute approximate surface area is 165 Å². The van der Waals surface area contributed by atoms with E-state index in [1.54, 1.807) is 0 Å². The molecular weight excluding hydrogens is 322 g/mol. The summed E-state index contributed by atoms with van der Waals surface area (Å²) in [6.45, 7) is 7.01. The van der Waals surface area contributed by atoms with Gasteiger partial charge in [0, 0.05) is 16.2 Å². The first-order valence-corrected chi connectivity index (χ1v) is 9.97. The van der Waals surface area contributed by atoms with Crippen LogP contribution in [0.1, 0.15) is 54.1 Å². The average Bonchev–Trinajstić information content (AvgIpc) is 2.58. The SMILES string of the molecule is CCCCCCOP(c1ccccc1)c1cc(C)c(C=O)c(C)c1.[LiH]. The maximum atomic E-state index is 11.2. The molecule has 0 amide bonds. The van der Waals surface area contributed by atoms with Crippen LogP contribution >= 0.6 is 8.15 Å². The molecule has 0 radical (unpaired) electrons. The number of aryl methyl sites for hydroxylation is 2. The fourth-order valence-electron chi connectivity index (χ4n) is 2.80. The second-order valence-corrected chi connectivity index (χ2v) is 8.01. The molecule has 0 saturated heterocycles. The molecule has 25 heavy (non-hydrogen) atoms. The number of unbranched alkanes of at least 4 members (excludes halogenated alkanes) is 3. The third-order valence-corrected chi connectivity index (χ3v) is 6.07. The van der Waals surface area contributed by atoms with Gasteiger partial charge in [0.05, 0.1) is 14.8 Å². The van der Waals surface area contributed by atoms with Gasteiger partial charge in [-0.15, -0.1) is 0 Å². The quantitative estimate of drug-likeness (QED) is 0.290. The van der Waals surface area contributed by atoms with Gasteiger partial charge in [0.2, 0.25) is 0 Å². The Bertz CT molecular complexity index is 635. The van der Waals surface area contributed by atoms with Crippen molar-refractivity contribution in [1.29, 1.82) is 0 Å². The van der Waals surface area contributed by atoms with Gasteiger partial charge in [-0.2, -0.15) is 0 Å². The van der Waals surface area contributed by atoms with Gasteiger partial charge >= 0.3 is 18.9 Å². The summed E-state index contributed by atoms with van der Waals surface area (Å²) in [7, 11) is -0.837. The summed E-state index contributed by atoms with van der Waals surface area (Å²) >= 11 is 0. The molecule has 2 nitrogen and oxygen atoms in total. The fraction of sp³-hybridized carbons (Fsp3) is 0.381. The Kier molecular flexibility index (Phi) is 10.3. The molecule has 0 aliphatic carbocycles. The van der Waals surface area contributed by atoms with Gasteiger partial charge in [0.1, 0.15) is 0 Å². The number of aldehydes is 1. The van der Waals surface area contributed by atoms with E-state index >= 15 is 0 Å². The molecule has 0 aliphatic heterocycles. The summed E-state index contributed by atoms with van der Waals surface area (Å²) < 4.78 is 6.32. The number of benzene rings is 2. The van der Waals surface area contributed by atoms with Crippen LogP contribution in [0.3, 0.4) is 0 Å². The van der Waals surface area contributed by atoms with Crippen molar-refractivity contribution in [1.82, 2.24) is 0 Å². The molecule has 2 aromatic carbocycles. The summed E-state index contributed by atoms with van der Waals surface area (Å²) in [5.41, 5.74) is 2.85. The van der Waals surface area contributed by atoms with Gasteiger partial charge in [-0.1, -0.05) is 56.5 Å². The molecule has 0 spiro atoms. The van der Waals surface area contributed by atoms with Crippen LogP contribution in [0.5, 0.6) is 0 Å². The topological polar surface area (TPSA) is 26.3 Å². The number of hydrogen-bond acceptors (Lipinski definition) is 2. The molecule has 1 atom stereocenters. The van der Waals surface area contributed by atoms with Crippen molar-refractivity contribution in [2.24, 2.45) is 0 Å². The summed E-state index contributed by atoms with van der Waals surface area (Å²) in [5.74, 6) is 0. The van der Waals surface area contributed by atoms with E-state index in [1.165, 1.54) is 29.9 Å². The van der Waals surface area contributed by atoms with Gasteiger partial charge in [0.25, 0.3) is 0 Å². The Morgan fingerprint density at radius 3 is 2.16 bits per heavy atom. The Morgan fingerprint density at radius 1 is 0.960 bits per heavy atom. The zero-order valence-corrected chi connectivity index (χ0v) is 15.8. The summed E-state index contributed by atoms with van der Waals surface area (Å²) in [4.78, 5) is 11.2. The summed E-state index contributed by atoms with van der Waals surface area (Å²) in [5, 5.41) is 2.41. The van der Waals surface area contributed by atoms with Crippen molar-refractivity contribution in [3.05, 3.63) is 59.2 Å². The molecule has 2 rings (SSSR count). The number of carbonyl (C=O) groups is 1. The maximum absolute atomic E-state index is 11.2. The van der Waals surface area contributed by atoms with E-state index in [1.807, 2.05) is 19.9 Å². The Balaban J connectivity index is 0.00000312. The van der Waals surface area contributed by atoms with Crippen LogP contribution in [-0.4, -0.2) is 31.8 Å². The monoisotopic (exact) mass is 350 g/mol. The Morgan fingerprint density at radius 2 is 1.60 bits per heavy atom. The molecule has 1 unspecified atom stereocenters. The standard InChI is InChI=1S/C21H27O2P.Li.H/c1-4-5-6-10-13-23-24(19-11-8-7-9-12-19)20-14-17(2)21(16-22)18(3)15-20;;/h7-9,11-12,14-16H,4-6,10,13H2,1-3H3;;. The first kappa shape index (κ1) is 22.1. The molecule has 0 heterocycles. The van der Waals surface area contributed by atoms with Crippen molar-refractivity contribution < 1.29 is 9.32 Å². The molecular formula is C21H28LiO2P. The van der Waals surface area contributed by atoms with Crippen LogP contribution in [0, 0.1) is 13.8 Å². The molecule has 0 aromatic heterocycles. The van der Waals surface area contributed by atoms with Crippen LogP contribution in [0.4, 0.5) is 0 Å². The average molecular weight is 350 g/mol. The minimum absolute atomic E-state index is 0. The van der Waals surface area contributed by atoms with Gasteiger partial charge in [-0.05, 0) is 43.5 Å². The molecule has 0 N–H and O–H groups in total. The van der Waals surface area contributed by atoms with Crippen LogP contribution in [0.25, 0.3) is 0 Å². The number of rotatable bonds is 9. The van der Waals surface area contributed by atoms with E-state index < -0.39 is 8.15 Å². The molecule has 0 bridgehead atoms. The first-order valence-electron chi connectivity index (χ1n) is 8.72. The van der Waals surface area contributed by atoms with Crippen molar-refractivity contribution in [3.63, 3.8) is 0 Å². The van der Waals surface area contributed by atoms with Gasteiger partial charge in [-0.3, -0.25) is 4.79 Å². The van der Waals surface area contributed by atoms with Gasteiger partial charge < -0.3 is 4.52 Å². The predicted octanol–water partition coefficient (Wildman–Crippen LogP) is 4.41. The third kappa shape index (κ3) is 6.39. The zero-order valence-electron chi connectivity index (χ0n) is 14.9. The number of hydrogen-bond donors (Lipinski definition) is 0. The zero-order chi connectivity index (χ0) is 17.4. The second-order valence-electron chi connectivity index (χ2n) is 6.13. The van der Waals surface area contributed by atoms with Crippen LogP contribution in [0.15, 0.2) is 42.5 Å². The van der Waals surface area contributed by atoms with Crippen LogP contribution < -0.4 is 10.6 Å². The van der Waals surface area contributed by atoms with Crippen molar-refractivity contribution >= 4 is 43.9 Å². The van der Waals surface area contributed by atoms with E-state index in [9.17, 15) is 4.79 Å². The molecule has 0 saturated carbocycles. The summed E-state index contributed by atoms with van der Waals surface area (Å²) in [6, 6.07) is 14.6. The van der Waals surface area contributed by atoms with Gasteiger partial charge in [0.15, 0.2) is 6.29 Å². The van der Waals surface area contributed by atoms with E-state index in [0.29, 0.717) is 0 Å². The predicted molar refractivity (Wildman–Crippen MR) is 111 cm³/mol. The molecule has 4 heteroatoms. The molecule has 0 aliphatic rings. The summed E-state index contributed by atoms with van der Waals surface area (Å²) in [6.07, 6.45) is 5.77. The van der Waals surface area contributed by atoms with Crippen LogP contribution in [-0.2, 0) is 4.52 Å². The normalized spacial score (nSPS) is 11.6. The molecule has 0 fully saturated rings. The third-order valence-electron chi connectivity index (χ3n) is 4.14. The van der Waals surface area contributed by atoms with E-state index in [0.717, 1.165) is 36.0 Å². The van der Waals surface area contributed by atoms with Crippen molar-refractivity contribution in [3.8, 4) is 0 Å². The number of carbonyl (C=O) groups excluding carboxylic acids is 1. The first-order chi connectivity index (χ1) is 11.7. The molecule has 2 aromatic rings. The fourth-order valence-corrected chi connectivity index (χ4v) is 4.77. The Hall–Kier alpha value is -0.903. The van der Waals surface area contributed by atoms with Crippen molar-refractivity contribution in [2.45, 2.75) is 46.5 Å². The van der Waals surface area contributed by atoms with E-state index in [-0.39, 0.29) is 18.9 Å². The minimum atomic E-state index is -0.837. The van der Waals surface area contributed by atoms with E-state index in [4.69, 9.17) is 4.52 Å². The van der Waals surface area contributed by atoms with Crippen LogP contribution in [0.2, 0.25) is 0 Å².